The Morgan fingerprint density at radius 1 is 1.50 bits per heavy atom. The Morgan fingerprint density at radius 2 is 2.07 bits per heavy atom. The van der Waals surface area contributed by atoms with E-state index in [0.29, 0.717) is 17.9 Å². The van der Waals surface area contributed by atoms with Crippen molar-refractivity contribution in [3.8, 4) is 0 Å². The molecule has 14 heavy (non-hydrogen) atoms. The topological polar surface area (TPSA) is 106 Å². The second kappa shape index (κ2) is 6.67. The van der Waals surface area contributed by atoms with E-state index in [1.807, 2.05) is 0 Å². The predicted octanol–water partition coefficient (Wildman–Crippen LogP) is -0.357. The van der Waals surface area contributed by atoms with Gasteiger partial charge in [0.1, 0.15) is 6.04 Å². The zero-order valence-electron chi connectivity index (χ0n) is 8.10. The van der Waals surface area contributed by atoms with Crippen molar-refractivity contribution >= 4 is 23.6 Å². The lowest BCUT2D eigenvalue weighted by Gasteiger charge is -2.08. The summed E-state index contributed by atoms with van der Waals surface area (Å²) in [7, 11) is 0. The highest BCUT2D eigenvalue weighted by Crippen LogP contribution is 2.09. The Balaban J connectivity index is 3.47. The summed E-state index contributed by atoms with van der Waals surface area (Å²) < 4.78 is 0. The summed E-state index contributed by atoms with van der Waals surface area (Å²) in [5, 5.41) is 8.47. The second-order valence-electron chi connectivity index (χ2n) is 3.11. The lowest BCUT2D eigenvalue weighted by molar-refractivity contribution is -0.138. The van der Waals surface area contributed by atoms with E-state index in [1.54, 1.807) is 6.92 Å². The number of carbonyl (C=O) groups excluding carboxylic acids is 1. The van der Waals surface area contributed by atoms with Crippen molar-refractivity contribution in [1.82, 2.24) is 0 Å². The number of amides is 1. The van der Waals surface area contributed by atoms with Crippen LogP contribution in [0.15, 0.2) is 0 Å². The maximum absolute atomic E-state index is 10.6. The molecule has 0 aliphatic rings. The third-order valence-corrected chi connectivity index (χ3v) is 3.00. The van der Waals surface area contributed by atoms with Crippen LogP contribution >= 0.6 is 11.8 Å². The lowest BCUT2D eigenvalue weighted by atomic mass is 10.2. The molecule has 5 N–H and O–H groups in total. The van der Waals surface area contributed by atoms with E-state index in [9.17, 15) is 9.59 Å². The lowest BCUT2D eigenvalue weighted by Crippen LogP contribution is -2.30. The third kappa shape index (κ3) is 5.82. The largest absolute Gasteiger partial charge is 0.480 e. The van der Waals surface area contributed by atoms with Crippen molar-refractivity contribution in [3.05, 3.63) is 0 Å². The summed E-state index contributed by atoms with van der Waals surface area (Å²) in [4.78, 5) is 21.0. The molecule has 82 valence electrons. The molecule has 5 nitrogen and oxygen atoms in total. The zero-order valence-corrected chi connectivity index (χ0v) is 8.92. The molecule has 0 saturated heterocycles. The average molecular weight is 220 g/mol. The zero-order chi connectivity index (χ0) is 11.1. The van der Waals surface area contributed by atoms with Gasteiger partial charge in [0.05, 0.1) is 0 Å². The van der Waals surface area contributed by atoms with Gasteiger partial charge in [0.25, 0.3) is 0 Å². The molecule has 0 rings (SSSR count). The van der Waals surface area contributed by atoms with Crippen molar-refractivity contribution in [2.24, 2.45) is 17.4 Å². The van der Waals surface area contributed by atoms with E-state index < -0.39 is 12.0 Å². The molecule has 0 fully saturated rings. The van der Waals surface area contributed by atoms with Crippen molar-refractivity contribution in [2.75, 3.05) is 11.5 Å². The minimum atomic E-state index is -0.992. The Bertz CT molecular complexity index is 189. The Morgan fingerprint density at radius 3 is 2.50 bits per heavy atom. The maximum atomic E-state index is 10.6. The van der Waals surface area contributed by atoms with Crippen LogP contribution in [0.3, 0.4) is 0 Å². The van der Waals surface area contributed by atoms with Crippen LogP contribution in [0.1, 0.15) is 13.3 Å². The van der Waals surface area contributed by atoms with Crippen LogP contribution in [0.5, 0.6) is 0 Å². The van der Waals surface area contributed by atoms with Gasteiger partial charge in [0.15, 0.2) is 0 Å². The highest BCUT2D eigenvalue weighted by atomic mass is 32.2. The first-order valence-electron chi connectivity index (χ1n) is 4.30. The van der Waals surface area contributed by atoms with E-state index in [2.05, 4.69) is 0 Å². The Labute approximate surface area is 87.2 Å². The van der Waals surface area contributed by atoms with Gasteiger partial charge in [-0.05, 0) is 12.2 Å². The van der Waals surface area contributed by atoms with E-state index in [0.717, 1.165) is 0 Å². The molecule has 0 aromatic rings. The fourth-order valence-corrected chi connectivity index (χ4v) is 1.78. The van der Waals surface area contributed by atoms with Gasteiger partial charge in [-0.25, -0.2) is 0 Å². The van der Waals surface area contributed by atoms with E-state index in [4.69, 9.17) is 16.6 Å². The number of carbonyl (C=O) groups is 2. The van der Waals surface area contributed by atoms with Crippen LogP contribution in [-0.4, -0.2) is 34.5 Å². The average Bonchev–Trinajstić information content (AvgIpc) is 2.11. The van der Waals surface area contributed by atoms with Gasteiger partial charge in [-0.2, -0.15) is 11.8 Å². The summed E-state index contributed by atoms with van der Waals surface area (Å²) in [6.07, 6.45) is 0.408. The number of thioether (sulfide) groups is 1. The molecular formula is C8H16N2O3S. The molecule has 0 aliphatic carbocycles. The SMILES string of the molecule is CC(CSCCC(N)C(=O)O)C(N)=O. The summed E-state index contributed by atoms with van der Waals surface area (Å²) in [6, 6.07) is -0.814. The van der Waals surface area contributed by atoms with Crippen LogP contribution in [0.25, 0.3) is 0 Å². The fourth-order valence-electron chi connectivity index (χ4n) is 0.676. The number of aliphatic carboxylic acids is 1. The number of nitrogens with two attached hydrogens (primary N) is 2. The van der Waals surface area contributed by atoms with Crippen molar-refractivity contribution in [1.29, 1.82) is 0 Å². The van der Waals surface area contributed by atoms with Gasteiger partial charge in [0, 0.05) is 11.7 Å². The first kappa shape index (κ1) is 13.2. The predicted molar refractivity (Wildman–Crippen MR) is 55.9 cm³/mol. The summed E-state index contributed by atoms with van der Waals surface area (Å²) in [6.45, 7) is 1.74. The van der Waals surface area contributed by atoms with Gasteiger partial charge in [-0.15, -0.1) is 0 Å². The van der Waals surface area contributed by atoms with Crippen molar-refractivity contribution in [3.63, 3.8) is 0 Å². The molecule has 1 amide bonds. The first-order valence-corrected chi connectivity index (χ1v) is 5.46. The number of carboxylic acid groups (broad SMARTS) is 1. The standard InChI is InChI=1S/C8H16N2O3S/c1-5(7(10)11)4-14-3-2-6(9)8(12)13/h5-6H,2-4,9H2,1H3,(H2,10,11)(H,12,13). The monoisotopic (exact) mass is 220 g/mol. The van der Waals surface area contributed by atoms with Gasteiger partial charge in [-0.3, -0.25) is 9.59 Å². The van der Waals surface area contributed by atoms with Crippen LogP contribution in [0.2, 0.25) is 0 Å². The second-order valence-corrected chi connectivity index (χ2v) is 4.26. The van der Waals surface area contributed by atoms with Crippen LogP contribution < -0.4 is 11.5 Å². The summed E-state index contributed by atoms with van der Waals surface area (Å²) in [5.41, 5.74) is 10.3. The normalized spacial score (nSPS) is 14.7. The van der Waals surface area contributed by atoms with Crippen LogP contribution in [-0.2, 0) is 9.59 Å². The van der Waals surface area contributed by atoms with Crippen LogP contribution in [0.4, 0.5) is 0 Å². The molecule has 2 atom stereocenters. The highest BCUT2D eigenvalue weighted by molar-refractivity contribution is 7.99. The number of hydrogen-bond donors (Lipinski definition) is 3. The van der Waals surface area contributed by atoms with Crippen molar-refractivity contribution < 1.29 is 14.7 Å². The van der Waals surface area contributed by atoms with Gasteiger partial charge in [0.2, 0.25) is 5.91 Å². The summed E-state index contributed by atoms with van der Waals surface area (Å²) >= 11 is 1.49. The molecule has 2 unspecified atom stereocenters. The van der Waals surface area contributed by atoms with E-state index in [-0.39, 0.29) is 11.8 Å². The maximum Gasteiger partial charge on any atom is 0.320 e. The smallest absolute Gasteiger partial charge is 0.320 e. The number of carboxylic acids is 1. The Kier molecular flexibility index (Phi) is 6.31. The van der Waals surface area contributed by atoms with Crippen molar-refractivity contribution in [2.45, 2.75) is 19.4 Å². The number of hydrogen-bond acceptors (Lipinski definition) is 4. The van der Waals surface area contributed by atoms with E-state index >= 15 is 0 Å². The molecular weight excluding hydrogens is 204 g/mol. The molecule has 0 spiro atoms. The van der Waals surface area contributed by atoms with E-state index in [1.165, 1.54) is 11.8 Å². The highest BCUT2D eigenvalue weighted by Gasteiger charge is 2.12. The third-order valence-electron chi connectivity index (χ3n) is 1.74. The molecule has 0 aromatic carbocycles. The summed E-state index contributed by atoms with van der Waals surface area (Å²) in [5.74, 6) is -0.262. The van der Waals surface area contributed by atoms with Crippen LogP contribution in [0, 0.1) is 5.92 Å². The molecule has 0 saturated carbocycles. The molecule has 0 bridgehead atoms. The minimum Gasteiger partial charge on any atom is -0.480 e. The fraction of sp³-hybridized carbons (Fsp3) is 0.750. The molecule has 0 aromatic heterocycles. The first-order chi connectivity index (χ1) is 6.45. The molecule has 6 heteroatoms. The quantitative estimate of drug-likeness (QED) is 0.508. The minimum absolute atomic E-state index is 0.180. The van der Waals surface area contributed by atoms with Gasteiger partial charge >= 0.3 is 5.97 Å². The number of primary amides is 1. The van der Waals surface area contributed by atoms with Gasteiger partial charge in [-0.1, -0.05) is 6.92 Å². The molecule has 0 heterocycles. The molecule has 0 aliphatic heterocycles. The molecule has 0 radical (unpaired) electrons. The number of rotatable bonds is 7. The Hall–Kier alpha value is -0.750. The van der Waals surface area contributed by atoms with Gasteiger partial charge < -0.3 is 16.6 Å².